The van der Waals surface area contributed by atoms with Crippen molar-refractivity contribution in [2.45, 2.75) is 51.8 Å². The quantitative estimate of drug-likeness (QED) is 0.791. The van der Waals surface area contributed by atoms with Gasteiger partial charge in [0, 0.05) is 24.2 Å². The van der Waals surface area contributed by atoms with Crippen molar-refractivity contribution >= 4 is 0 Å². The van der Waals surface area contributed by atoms with Gasteiger partial charge >= 0.3 is 0 Å². The number of hydrogen-bond acceptors (Lipinski definition) is 4. The molecule has 1 unspecified atom stereocenters. The lowest BCUT2D eigenvalue weighted by atomic mass is 10.2. The highest BCUT2D eigenvalue weighted by Crippen LogP contribution is 2.27. The maximum Gasteiger partial charge on any atom is 0.181 e. The number of benzene rings is 1. The summed E-state index contributed by atoms with van der Waals surface area (Å²) in [5.74, 6) is 1.53. The fourth-order valence-corrected chi connectivity index (χ4v) is 1.86. The van der Waals surface area contributed by atoms with E-state index >= 15 is 0 Å². The zero-order valence-electron chi connectivity index (χ0n) is 12.2. The van der Waals surface area contributed by atoms with Crippen LogP contribution < -0.4 is 14.8 Å². The predicted molar refractivity (Wildman–Crippen MR) is 77.8 cm³/mol. The molecule has 1 aliphatic rings. The molecule has 4 nitrogen and oxygen atoms in total. The van der Waals surface area contributed by atoms with Crippen LogP contribution in [0.1, 0.15) is 38.7 Å². The molecule has 0 bridgehead atoms. The Morgan fingerprint density at radius 2 is 2.25 bits per heavy atom. The average molecular weight is 274 g/mol. The molecular weight excluding hydrogens is 252 g/mol. The number of nitriles is 1. The smallest absolute Gasteiger partial charge is 0.181 e. The van der Waals surface area contributed by atoms with Crippen molar-refractivity contribution in [2.75, 3.05) is 6.61 Å². The highest BCUT2D eigenvalue weighted by Gasteiger charge is 2.21. The minimum atomic E-state index is -0.462. The fourth-order valence-electron chi connectivity index (χ4n) is 1.86. The summed E-state index contributed by atoms with van der Waals surface area (Å²) in [4.78, 5) is 0. The molecule has 1 aromatic rings. The first kappa shape index (κ1) is 14.7. The molecule has 1 aromatic carbocycles. The summed E-state index contributed by atoms with van der Waals surface area (Å²) in [7, 11) is 0. The minimum Gasteiger partial charge on any atom is -0.493 e. The normalized spacial score (nSPS) is 15.4. The van der Waals surface area contributed by atoms with Gasteiger partial charge in [-0.15, -0.1) is 0 Å². The Balaban J connectivity index is 2.08. The van der Waals surface area contributed by atoms with Crippen molar-refractivity contribution in [2.24, 2.45) is 0 Å². The van der Waals surface area contributed by atoms with Gasteiger partial charge in [-0.25, -0.2) is 0 Å². The van der Waals surface area contributed by atoms with Crippen molar-refractivity contribution in [3.8, 4) is 17.6 Å². The summed E-state index contributed by atoms with van der Waals surface area (Å²) < 4.78 is 11.3. The van der Waals surface area contributed by atoms with Gasteiger partial charge in [0.05, 0.1) is 6.61 Å². The maximum atomic E-state index is 8.90. The van der Waals surface area contributed by atoms with E-state index in [0.29, 0.717) is 12.6 Å². The van der Waals surface area contributed by atoms with Crippen LogP contribution in [0.15, 0.2) is 18.2 Å². The standard InChI is InChI=1S/C16H22N2O2/c1-3-8-19-15-7-4-13(11-18-14-5-6-14)16(9-15)20-12(2)10-17/h4,7,9,12,14,18H,3,5-6,8,11H2,1-2H3. The zero-order chi connectivity index (χ0) is 14.4. The third-order valence-corrected chi connectivity index (χ3v) is 3.16. The monoisotopic (exact) mass is 274 g/mol. The van der Waals surface area contributed by atoms with E-state index in [-0.39, 0.29) is 0 Å². The molecule has 0 aromatic heterocycles. The van der Waals surface area contributed by atoms with E-state index in [1.165, 1.54) is 12.8 Å². The van der Waals surface area contributed by atoms with Crippen molar-refractivity contribution in [3.05, 3.63) is 23.8 Å². The Bertz CT molecular complexity index is 478. The number of rotatable bonds is 8. The topological polar surface area (TPSA) is 54.3 Å². The first-order chi connectivity index (χ1) is 9.72. The molecule has 20 heavy (non-hydrogen) atoms. The van der Waals surface area contributed by atoms with Crippen LogP contribution >= 0.6 is 0 Å². The van der Waals surface area contributed by atoms with Crippen molar-refractivity contribution in [1.82, 2.24) is 5.32 Å². The van der Waals surface area contributed by atoms with E-state index in [2.05, 4.69) is 18.3 Å². The zero-order valence-corrected chi connectivity index (χ0v) is 12.2. The summed E-state index contributed by atoms with van der Waals surface area (Å²) in [6.07, 6.45) is 3.01. The van der Waals surface area contributed by atoms with Crippen LogP contribution in [0.2, 0.25) is 0 Å². The molecule has 0 saturated heterocycles. The van der Waals surface area contributed by atoms with Crippen LogP contribution in [0.4, 0.5) is 0 Å². The summed E-state index contributed by atoms with van der Waals surface area (Å²) in [5, 5.41) is 12.4. The van der Waals surface area contributed by atoms with Gasteiger partial charge in [-0.3, -0.25) is 0 Å². The molecule has 0 heterocycles. The fraction of sp³-hybridized carbons (Fsp3) is 0.562. The maximum absolute atomic E-state index is 8.90. The molecule has 0 aliphatic heterocycles. The number of hydrogen-bond donors (Lipinski definition) is 1. The van der Waals surface area contributed by atoms with Crippen LogP contribution in [0, 0.1) is 11.3 Å². The van der Waals surface area contributed by atoms with Gasteiger partial charge in [0.1, 0.15) is 17.6 Å². The Kier molecular flexibility index (Phi) is 5.25. The molecule has 2 rings (SSSR count). The van der Waals surface area contributed by atoms with Crippen LogP contribution in [0.25, 0.3) is 0 Å². The average Bonchev–Trinajstić information content (AvgIpc) is 3.28. The molecule has 1 atom stereocenters. The number of ether oxygens (including phenoxy) is 2. The Morgan fingerprint density at radius 1 is 1.45 bits per heavy atom. The third-order valence-electron chi connectivity index (χ3n) is 3.16. The molecule has 0 amide bonds. The first-order valence-electron chi connectivity index (χ1n) is 7.28. The molecule has 4 heteroatoms. The molecule has 1 fully saturated rings. The molecule has 1 saturated carbocycles. The van der Waals surface area contributed by atoms with E-state index in [0.717, 1.165) is 30.0 Å². The lowest BCUT2D eigenvalue weighted by Crippen LogP contribution is -2.17. The second kappa shape index (κ2) is 7.16. The second-order valence-electron chi connectivity index (χ2n) is 5.16. The van der Waals surface area contributed by atoms with E-state index in [1.807, 2.05) is 18.2 Å². The van der Waals surface area contributed by atoms with Crippen molar-refractivity contribution < 1.29 is 9.47 Å². The summed E-state index contributed by atoms with van der Waals surface area (Å²) in [5.41, 5.74) is 1.07. The van der Waals surface area contributed by atoms with E-state index in [9.17, 15) is 0 Å². The van der Waals surface area contributed by atoms with Gasteiger partial charge in [0.2, 0.25) is 0 Å². The van der Waals surface area contributed by atoms with Crippen LogP contribution in [-0.4, -0.2) is 18.8 Å². The Morgan fingerprint density at radius 3 is 2.90 bits per heavy atom. The van der Waals surface area contributed by atoms with Crippen molar-refractivity contribution in [3.63, 3.8) is 0 Å². The molecule has 1 N–H and O–H groups in total. The molecule has 0 spiro atoms. The second-order valence-corrected chi connectivity index (χ2v) is 5.16. The van der Waals surface area contributed by atoms with Gasteiger partial charge in [-0.2, -0.15) is 5.26 Å². The lowest BCUT2D eigenvalue weighted by Gasteiger charge is -2.15. The SMILES string of the molecule is CCCOc1ccc(CNC2CC2)c(OC(C)C#N)c1. The highest BCUT2D eigenvalue weighted by molar-refractivity contribution is 5.41. The van der Waals surface area contributed by atoms with E-state index in [4.69, 9.17) is 14.7 Å². The Labute approximate surface area is 120 Å². The van der Waals surface area contributed by atoms with Gasteiger partial charge in [-0.1, -0.05) is 13.0 Å². The summed E-state index contributed by atoms with van der Waals surface area (Å²) in [6.45, 7) is 5.28. The molecule has 108 valence electrons. The Hall–Kier alpha value is -1.73. The van der Waals surface area contributed by atoms with Crippen LogP contribution in [-0.2, 0) is 6.54 Å². The molecule has 1 aliphatic carbocycles. The van der Waals surface area contributed by atoms with Crippen LogP contribution in [0.5, 0.6) is 11.5 Å². The van der Waals surface area contributed by atoms with Gasteiger partial charge in [0.25, 0.3) is 0 Å². The summed E-state index contributed by atoms with van der Waals surface area (Å²) >= 11 is 0. The molecular formula is C16H22N2O2. The van der Waals surface area contributed by atoms with Gasteiger partial charge in [-0.05, 0) is 32.3 Å². The first-order valence-corrected chi connectivity index (χ1v) is 7.28. The highest BCUT2D eigenvalue weighted by atomic mass is 16.5. The number of nitrogens with zero attached hydrogens (tertiary/aromatic N) is 1. The predicted octanol–water partition coefficient (Wildman–Crippen LogP) is 3.02. The van der Waals surface area contributed by atoms with Gasteiger partial charge in [0.15, 0.2) is 6.10 Å². The summed E-state index contributed by atoms with van der Waals surface area (Å²) in [6, 6.07) is 8.60. The van der Waals surface area contributed by atoms with Crippen LogP contribution in [0.3, 0.4) is 0 Å². The van der Waals surface area contributed by atoms with Crippen molar-refractivity contribution in [1.29, 1.82) is 5.26 Å². The van der Waals surface area contributed by atoms with Gasteiger partial charge < -0.3 is 14.8 Å². The largest absolute Gasteiger partial charge is 0.493 e. The van der Waals surface area contributed by atoms with E-state index in [1.54, 1.807) is 6.92 Å². The number of nitrogens with one attached hydrogen (secondary N) is 1. The molecule has 0 radical (unpaired) electrons. The third kappa shape index (κ3) is 4.43. The van der Waals surface area contributed by atoms with E-state index < -0.39 is 6.10 Å². The lowest BCUT2D eigenvalue weighted by molar-refractivity contribution is 0.268. The minimum absolute atomic E-state index is 0.462.